The van der Waals surface area contributed by atoms with Crippen LogP contribution in [0.3, 0.4) is 0 Å². The summed E-state index contributed by atoms with van der Waals surface area (Å²) >= 11 is 0. The molecule has 1 aromatic carbocycles. The zero-order valence-corrected chi connectivity index (χ0v) is 12.1. The van der Waals surface area contributed by atoms with E-state index in [1.54, 1.807) is 12.1 Å². The van der Waals surface area contributed by atoms with E-state index in [-0.39, 0.29) is 17.8 Å². The standard InChI is InChI=1S/C16H22FN3O/c17-13-9-12(5-6-15(13)20-7-1-2-8-20)19-16(21)10-14(18)11-3-4-11/h5-6,9,11,14H,1-4,7-8,10,18H2,(H,19,21). The highest BCUT2D eigenvalue weighted by Crippen LogP contribution is 2.33. The molecule has 21 heavy (non-hydrogen) atoms. The van der Waals surface area contributed by atoms with Crippen molar-refractivity contribution in [1.82, 2.24) is 0 Å². The van der Waals surface area contributed by atoms with Crippen molar-refractivity contribution in [2.24, 2.45) is 11.7 Å². The molecular weight excluding hydrogens is 269 g/mol. The lowest BCUT2D eigenvalue weighted by Gasteiger charge is -2.19. The van der Waals surface area contributed by atoms with Gasteiger partial charge in [0.2, 0.25) is 5.91 Å². The molecule has 114 valence electrons. The fourth-order valence-corrected chi connectivity index (χ4v) is 2.92. The fourth-order valence-electron chi connectivity index (χ4n) is 2.92. The van der Waals surface area contributed by atoms with Crippen molar-refractivity contribution in [1.29, 1.82) is 0 Å². The third kappa shape index (κ3) is 3.53. The Morgan fingerprint density at radius 1 is 1.38 bits per heavy atom. The maximum absolute atomic E-state index is 14.1. The number of carbonyl (C=O) groups excluding carboxylic acids is 1. The van der Waals surface area contributed by atoms with E-state index in [1.165, 1.54) is 6.07 Å². The largest absolute Gasteiger partial charge is 0.369 e. The molecule has 0 aromatic heterocycles. The summed E-state index contributed by atoms with van der Waals surface area (Å²) < 4.78 is 14.1. The van der Waals surface area contributed by atoms with Crippen molar-refractivity contribution >= 4 is 17.3 Å². The molecule has 0 bridgehead atoms. The highest BCUT2D eigenvalue weighted by Gasteiger charge is 2.29. The van der Waals surface area contributed by atoms with Gasteiger partial charge in [-0.05, 0) is 49.8 Å². The van der Waals surface area contributed by atoms with Crippen LogP contribution in [0.15, 0.2) is 18.2 Å². The molecular formula is C16H22FN3O. The van der Waals surface area contributed by atoms with Gasteiger partial charge in [0, 0.05) is 31.2 Å². The maximum Gasteiger partial charge on any atom is 0.225 e. The quantitative estimate of drug-likeness (QED) is 0.876. The molecule has 1 amide bonds. The lowest BCUT2D eigenvalue weighted by Crippen LogP contribution is -2.28. The molecule has 1 unspecified atom stereocenters. The van der Waals surface area contributed by atoms with Gasteiger partial charge in [-0.25, -0.2) is 4.39 Å². The molecule has 1 atom stereocenters. The summed E-state index contributed by atoms with van der Waals surface area (Å²) in [5.74, 6) is 0.0777. The number of carbonyl (C=O) groups is 1. The minimum Gasteiger partial charge on any atom is -0.369 e. The summed E-state index contributed by atoms with van der Waals surface area (Å²) in [5, 5.41) is 2.74. The number of benzene rings is 1. The van der Waals surface area contributed by atoms with Crippen LogP contribution in [0, 0.1) is 11.7 Å². The van der Waals surface area contributed by atoms with E-state index in [9.17, 15) is 9.18 Å². The normalized spacial score (nSPS) is 19.6. The van der Waals surface area contributed by atoms with Crippen LogP contribution in [-0.2, 0) is 4.79 Å². The number of hydrogen-bond donors (Lipinski definition) is 2. The molecule has 2 fully saturated rings. The van der Waals surface area contributed by atoms with Crippen LogP contribution in [0.5, 0.6) is 0 Å². The van der Waals surface area contributed by atoms with E-state index in [0.717, 1.165) is 38.8 Å². The molecule has 0 radical (unpaired) electrons. The second-order valence-electron chi connectivity index (χ2n) is 6.11. The van der Waals surface area contributed by atoms with Crippen LogP contribution in [0.2, 0.25) is 0 Å². The van der Waals surface area contributed by atoms with Gasteiger partial charge in [-0.2, -0.15) is 0 Å². The molecule has 1 aromatic rings. The zero-order valence-electron chi connectivity index (χ0n) is 12.1. The summed E-state index contributed by atoms with van der Waals surface area (Å²) in [5.41, 5.74) is 7.06. The fraction of sp³-hybridized carbons (Fsp3) is 0.562. The predicted molar refractivity (Wildman–Crippen MR) is 81.8 cm³/mol. The Morgan fingerprint density at radius 2 is 2.10 bits per heavy atom. The lowest BCUT2D eigenvalue weighted by molar-refractivity contribution is -0.116. The minimum atomic E-state index is -0.277. The van der Waals surface area contributed by atoms with Crippen molar-refractivity contribution in [2.45, 2.75) is 38.1 Å². The second kappa shape index (κ2) is 6.02. The molecule has 1 aliphatic heterocycles. The van der Waals surface area contributed by atoms with E-state index in [1.807, 2.05) is 4.90 Å². The van der Waals surface area contributed by atoms with Crippen LogP contribution < -0.4 is 16.0 Å². The minimum absolute atomic E-state index is 0.0706. The molecule has 1 saturated heterocycles. The summed E-state index contributed by atoms with van der Waals surface area (Å²) in [7, 11) is 0. The van der Waals surface area contributed by atoms with Gasteiger partial charge < -0.3 is 16.0 Å². The van der Waals surface area contributed by atoms with Crippen molar-refractivity contribution in [3.63, 3.8) is 0 Å². The Morgan fingerprint density at radius 3 is 2.71 bits per heavy atom. The van der Waals surface area contributed by atoms with Crippen LogP contribution in [0.25, 0.3) is 0 Å². The van der Waals surface area contributed by atoms with Gasteiger partial charge in [0.25, 0.3) is 0 Å². The van der Waals surface area contributed by atoms with Crippen molar-refractivity contribution in [2.75, 3.05) is 23.3 Å². The van der Waals surface area contributed by atoms with E-state index < -0.39 is 0 Å². The van der Waals surface area contributed by atoms with Gasteiger partial charge in [-0.15, -0.1) is 0 Å². The third-order valence-electron chi connectivity index (χ3n) is 4.33. The number of rotatable bonds is 5. The maximum atomic E-state index is 14.1. The monoisotopic (exact) mass is 291 g/mol. The Bertz CT molecular complexity index is 524. The molecule has 2 aliphatic rings. The van der Waals surface area contributed by atoms with Crippen LogP contribution >= 0.6 is 0 Å². The Labute approximate surface area is 124 Å². The highest BCUT2D eigenvalue weighted by atomic mass is 19.1. The van der Waals surface area contributed by atoms with Gasteiger partial charge >= 0.3 is 0 Å². The van der Waals surface area contributed by atoms with E-state index in [2.05, 4.69) is 5.32 Å². The first-order valence-electron chi connectivity index (χ1n) is 7.73. The molecule has 1 saturated carbocycles. The van der Waals surface area contributed by atoms with Crippen molar-refractivity contribution in [3.05, 3.63) is 24.0 Å². The Balaban J connectivity index is 1.60. The molecule has 3 N–H and O–H groups in total. The Kier molecular flexibility index (Phi) is 4.10. The summed E-state index contributed by atoms with van der Waals surface area (Å²) in [6, 6.07) is 4.83. The van der Waals surface area contributed by atoms with Crippen LogP contribution in [-0.4, -0.2) is 25.0 Å². The zero-order chi connectivity index (χ0) is 14.8. The van der Waals surface area contributed by atoms with Gasteiger partial charge in [0.1, 0.15) is 5.82 Å². The average molecular weight is 291 g/mol. The van der Waals surface area contributed by atoms with Gasteiger partial charge in [-0.3, -0.25) is 4.79 Å². The average Bonchev–Trinajstić information content (AvgIpc) is 3.16. The number of halogens is 1. The third-order valence-corrected chi connectivity index (χ3v) is 4.33. The molecule has 4 nitrogen and oxygen atoms in total. The molecule has 3 rings (SSSR count). The van der Waals surface area contributed by atoms with Crippen LogP contribution in [0.4, 0.5) is 15.8 Å². The number of amides is 1. The number of nitrogens with zero attached hydrogens (tertiary/aromatic N) is 1. The first-order chi connectivity index (χ1) is 10.1. The highest BCUT2D eigenvalue weighted by molar-refractivity contribution is 5.91. The predicted octanol–water partition coefficient (Wildman–Crippen LogP) is 2.49. The van der Waals surface area contributed by atoms with E-state index >= 15 is 0 Å². The summed E-state index contributed by atoms with van der Waals surface area (Å²) in [6.07, 6.45) is 4.76. The Hall–Kier alpha value is -1.62. The topological polar surface area (TPSA) is 58.4 Å². The van der Waals surface area contributed by atoms with Gasteiger partial charge in [0.15, 0.2) is 0 Å². The summed E-state index contributed by atoms with van der Waals surface area (Å²) in [6.45, 7) is 1.80. The number of hydrogen-bond acceptors (Lipinski definition) is 3. The number of nitrogens with one attached hydrogen (secondary N) is 1. The smallest absolute Gasteiger partial charge is 0.225 e. The second-order valence-corrected chi connectivity index (χ2v) is 6.11. The first kappa shape index (κ1) is 14.3. The van der Waals surface area contributed by atoms with E-state index in [4.69, 9.17) is 5.73 Å². The van der Waals surface area contributed by atoms with Crippen LogP contribution in [0.1, 0.15) is 32.1 Å². The molecule has 1 heterocycles. The van der Waals surface area contributed by atoms with Gasteiger partial charge in [-0.1, -0.05) is 0 Å². The number of nitrogens with two attached hydrogens (primary N) is 1. The SMILES string of the molecule is NC(CC(=O)Nc1ccc(N2CCCC2)c(F)c1)C1CC1. The van der Waals surface area contributed by atoms with Crippen molar-refractivity contribution < 1.29 is 9.18 Å². The molecule has 5 heteroatoms. The lowest BCUT2D eigenvalue weighted by atomic mass is 10.1. The molecule has 1 aliphatic carbocycles. The summed E-state index contributed by atoms with van der Waals surface area (Å²) in [4.78, 5) is 13.9. The van der Waals surface area contributed by atoms with Crippen molar-refractivity contribution in [3.8, 4) is 0 Å². The molecule has 0 spiro atoms. The van der Waals surface area contributed by atoms with E-state index in [0.29, 0.717) is 23.7 Å². The number of anilines is 2. The first-order valence-corrected chi connectivity index (χ1v) is 7.73. The van der Waals surface area contributed by atoms with Gasteiger partial charge in [0.05, 0.1) is 5.69 Å².